The van der Waals surface area contributed by atoms with Crippen molar-refractivity contribution >= 4 is 28.8 Å². The molecule has 23 heavy (non-hydrogen) atoms. The molecule has 0 aliphatic carbocycles. The molecule has 0 aliphatic rings. The molecule has 2 rings (SSSR count). The summed E-state index contributed by atoms with van der Waals surface area (Å²) in [5.74, 6) is -2.13. The molecule has 0 atom stereocenters. The topological polar surface area (TPSA) is 76.7 Å². The monoisotopic (exact) mass is 338 g/mol. The molecule has 0 unspecified atom stereocenters. The standard InChI is InChI=1S/C15H15FN2O4S/c1-21-12-5-10(16)11(6-13(12)22-2)18-15(20)14(19)17-7-9-3-4-23-8-9/h3-6,8H,7H2,1-2H3,(H,17,19)(H,18,20). The van der Waals surface area contributed by atoms with Crippen molar-refractivity contribution in [1.82, 2.24) is 5.32 Å². The van der Waals surface area contributed by atoms with Crippen LogP contribution in [0.3, 0.4) is 0 Å². The first-order chi connectivity index (χ1) is 11.0. The molecule has 0 spiro atoms. The van der Waals surface area contributed by atoms with Crippen molar-refractivity contribution < 1.29 is 23.5 Å². The van der Waals surface area contributed by atoms with Gasteiger partial charge in [0.05, 0.1) is 19.9 Å². The predicted octanol–water partition coefficient (Wildman–Crippen LogP) is 2.16. The highest BCUT2D eigenvalue weighted by Gasteiger charge is 2.18. The van der Waals surface area contributed by atoms with Crippen molar-refractivity contribution in [1.29, 1.82) is 0 Å². The molecule has 1 heterocycles. The van der Waals surface area contributed by atoms with Crippen molar-refractivity contribution in [2.45, 2.75) is 6.54 Å². The molecule has 6 nitrogen and oxygen atoms in total. The van der Waals surface area contributed by atoms with Crippen LogP contribution in [0.25, 0.3) is 0 Å². The number of hydrogen-bond donors (Lipinski definition) is 2. The van der Waals surface area contributed by atoms with Gasteiger partial charge in [0, 0.05) is 18.7 Å². The lowest BCUT2D eigenvalue weighted by Crippen LogP contribution is -2.35. The third-order valence-corrected chi connectivity index (χ3v) is 3.69. The molecule has 0 bridgehead atoms. The maximum Gasteiger partial charge on any atom is 0.313 e. The Kier molecular flexibility index (Phi) is 5.53. The zero-order valence-corrected chi connectivity index (χ0v) is 13.3. The number of thiophene rings is 1. The normalized spacial score (nSPS) is 10.0. The van der Waals surface area contributed by atoms with E-state index in [2.05, 4.69) is 10.6 Å². The van der Waals surface area contributed by atoms with E-state index in [1.165, 1.54) is 31.6 Å². The minimum absolute atomic E-state index is 0.168. The highest BCUT2D eigenvalue weighted by atomic mass is 32.1. The number of amides is 2. The lowest BCUT2D eigenvalue weighted by atomic mass is 10.2. The van der Waals surface area contributed by atoms with Crippen molar-refractivity contribution in [3.8, 4) is 11.5 Å². The fourth-order valence-electron chi connectivity index (χ4n) is 1.78. The summed E-state index contributed by atoms with van der Waals surface area (Å²) in [5, 5.41) is 8.38. The van der Waals surface area contributed by atoms with Crippen LogP contribution in [0.5, 0.6) is 11.5 Å². The van der Waals surface area contributed by atoms with Crippen LogP contribution in [-0.2, 0) is 16.1 Å². The van der Waals surface area contributed by atoms with E-state index in [1.807, 2.05) is 16.8 Å². The van der Waals surface area contributed by atoms with E-state index in [0.29, 0.717) is 0 Å². The minimum Gasteiger partial charge on any atom is -0.493 e. The number of nitrogens with one attached hydrogen (secondary N) is 2. The van der Waals surface area contributed by atoms with Gasteiger partial charge in [-0.25, -0.2) is 4.39 Å². The van der Waals surface area contributed by atoms with Gasteiger partial charge in [-0.2, -0.15) is 11.3 Å². The van der Waals surface area contributed by atoms with Gasteiger partial charge in [0.25, 0.3) is 0 Å². The molecule has 8 heteroatoms. The van der Waals surface area contributed by atoms with E-state index in [9.17, 15) is 14.0 Å². The molecular weight excluding hydrogens is 323 g/mol. The van der Waals surface area contributed by atoms with Gasteiger partial charge in [0.2, 0.25) is 0 Å². The first-order valence-electron chi connectivity index (χ1n) is 6.57. The third kappa shape index (κ3) is 4.19. The first kappa shape index (κ1) is 16.8. The Bertz CT molecular complexity index is 704. The molecule has 122 valence electrons. The molecule has 2 amide bonds. The fourth-order valence-corrected chi connectivity index (χ4v) is 2.45. The summed E-state index contributed by atoms with van der Waals surface area (Å²) in [5.41, 5.74) is 0.715. The summed E-state index contributed by atoms with van der Waals surface area (Å²) < 4.78 is 23.9. The number of anilines is 1. The Morgan fingerprint density at radius 3 is 2.48 bits per heavy atom. The SMILES string of the molecule is COc1cc(F)c(NC(=O)C(=O)NCc2ccsc2)cc1OC. The maximum absolute atomic E-state index is 13.9. The van der Waals surface area contributed by atoms with E-state index < -0.39 is 17.6 Å². The number of methoxy groups -OCH3 is 2. The fraction of sp³-hybridized carbons (Fsp3) is 0.200. The van der Waals surface area contributed by atoms with Crippen molar-refractivity contribution in [3.63, 3.8) is 0 Å². The third-order valence-electron chi connectivity index (χ3n) is 2.96. The Labute approximate surface area is 136 Å². The highest BCUT2D eigenvalue weighted by molar-refractivity contribution is 7.07. The number of hydrogen-bond acceptors (Lipinski definition) is 5. The first-order valence-corrected chi connectivity index (χ1v) is 7.51. The molecule has 1 aromatic heterocycles. The second-order valence-corrected chi connectivity index (χ2v) is 5.24. The second-order valence-electron chi connectivity index (χ2n) is 4.46. The van der Waals surface area contributed by atoms with Crippen LogP contribution in [0.1, 0.15) is 5.56 Å². The van der Waals surface area contributed by atoms with Crippen molar-refractivity contribution in [2.75, 3.05) is 19.5 Å². The summed E-state index contributed by atoms with van der Waals surface area (Å²) in [6.45, 7) is 0.226. The van der Waals surface area contributed by atoms with Crippen LogP contribution in [0.4, 0.5) is 10.1 Å². The predicted molar refractivity (Wildman–Crippen MR) is 84.3 cm³/mol. The smallest absolute Gasteiger partial charge is 0.313 e. The molecule has 0 aliphatic heterocycles. The average Bonchev–Trinajstić information content (AvgIpc) is 3.07. The maximum atomic E-state index is 13.9. The van der Waals surface area contributed by atoms with Gasteiger partial charge in [-0.05, 0) is 22.4 Å². The Hall–Kier alpha value is -2.61. The average molecular weight is 338 g/mol. The Morgan fingerprint density at radius 1 is 1.17 bits per heavy atom. The van der Waals surface area contributed by atoms with E-state index in [0.717, 1.165) is 11.6 Å². The van der Waals surface area contributed by atoms with Crippen LogP contribution in [-0.4, -0.2) is 26.0 Å². The summed E-state index contributed by atoms with van der Waals surface area (Å²) in [7, 11) is 2.75. The van der Waals surface area contributed by atoms with Crippen LogP contribution in [0.15, 0.2) is 29.0 Å². The summed E-state index contributed by atoms with van der Waals surface area (Å²) in [4.78, 5) is 23.6. The molecule has 0 saturated heterocycles. The van der Waals surface area contributed by atoms with Gasteiger partial charge in [-0.15, -0.1) is 0 Å². The molecule has 0 radical (unpaired) electrons. The number of carbonyl (C=O) groups excluding carboxylic acids is 2. The quantitative estimate of drug-likeness (QED) is 0.819. The van der Waals surface area contributed by atoms with Crippen LogP contribution < -0.4 is 20.1 Å². The zero-order chi connectivity index (χ0) is 16.8. The summed E-state index contributed by atoms with van der Waals surface area (Å²) in [6.07, 6.45) is 0. The lowest BCUT2D eigenvalue weighted by Gasteiger charge is -2.11. The van der Waals surface area contributed by atoms with Gasteiger partial charge < -0.3 is 20.1 Å². The van der Waals surface area contributed by atoms with Crippen molar-refractivity contribution in [3.05, 3.63) is 40.3 Å². The van der Waals surface area contributed by atoms with E-state index in [1.54, 1.807) is 0 Å². The molecule has 0 saturated carbocycles. The molecule has 2 aromatic rings. The lowest BCUT2D eigenvalue weighted by molar-refractivity contribution is -0.136. The summed E-state index contributed by atoms with van der Waals surface area (Å²) in [6, 6.07) is 4.15. The van der Waals surface area contributed by atoms with Gasteiger partial charge in [0.15, 0.2) is 17.3 Å². The largest absolute Gasteiger partial charge is 0.493 e. The van der Waals surface area contributed by atoms with E-state index in [4.69, 9.17) is 9.47 Å². The second kappa shape index (κ2) is 7.59. The molecular formula is C15H15FN2O4S. The number of rotatable bonds is 5. The van der Waals surface area contributed by atoms with Crippen LogP contribution in [0, 0.1) is 5.82 Å². The number of carbonyl (C=O) groups is 2. The molecule has 1 aromatic carbocycles. The molecule has 0 fully saturated rings. The van der Waals surface area contributed by atoms with E-state index in [-0.39, 0.29) is 23.7 Å². The summed E-state index contributed by atoms with van der Waals surface area (Å²) >= 11 is 1.48. The Morgan fingerprint density at radius 2 is 1.87 bits per heavy atom. The Balaban J connectivity index is 2.03. The van der Waals surface area contributed by atoms with Gasteiger partial charge in [-0.3, -0.25) is 9.59 Å². The molecule has 2 N–H and O–H groups in total. The van der Waals surface area contributed by atoms with Gasteiger partial charge in [0.1, 0.15) is 0 Å². The van der Waals surface area contributed by atoms with Crippen molar-refractivity contribution in [2.24, 2.45) is 0 Å². The number of ether oxygens (including phenoxy) is 2. The number of benzene rings is 1. The van der Waals surface area contributed by atoms with Gasteiger partial charge >= 0.3 is 11.8 Å². The van der Waals surface area contributed by atoms with E-state index >= 15 is 0 Å². The highest BCUT2D eigenvalue weighted by Crippen LogP contribution is 2.32. The van der Waals surface area contributed by atoms with Crippen LogP contribution >= 0.6 is 11.3 Å². The zero-order valence-electron chi connectivity index (χ0n) is 12.5. The van der Waals surface area contributed by atoms with Crippen LogP contribution in [0.2, 0.25) is 0 Å². The number of halogens is 1. The van der Waals surface area contributed by atoms with Gasteiger partial charge in [-0.1, -0.05) is 0 Å². The minimum atomic E-state index is -0.966.